The zero-order chi connectivity index (χ0) is 23.1. The molecule has 33 heavy (non-hydrogen) atoms. The van der Waals surface area contributed by atoms with Gasteiger partial charge in [0.25, 0.3) is 5.91 Å². The van der Waals surface area contributed by atoms with Crippen LogP contribution >= 0.6 is 0 Å². The van der Waals surface area contributed by atoms with Gasteiger partial charge in [0.05, 0.1) is 18.7 Å². The summed E-state index contributed by atoms with van der Waals surface area (Å²) in [7, 11) is 1.52. The van der Waals surface area contributed by atoms with Gasteiger partial charge in [0.1, 0.15) is 12.4 Å². The molecule has 6 nitrogen and oxygen atoms in total. The highest BCUT2D eigenvalue weighted by Crippen LogP contribution is 2.52. The van der Waals surface area contributed by atoms with Gasteiger partial charge in [-0.15, -0.1) is 0 Å². The van der Waals surface area contributed by atoms with Gasteiger partial charge in [0, 0.05) is 22.9 Å². The van der Waals surface area contributed by atoms with Crippen LogP contribution in [0.2, 0.25) is 0 Å². The van der Waals surface area contributed by atoms with E-state index in [9.17, 15) is 14.0 Å². The first-order valence-electron chi connectivity index (χ1n) is 12.1. The maximum absolute atomic E-state index is 14.2. The Morgan fingerprint density at radius 3 is 2.64 bits per heavy atom. The van der Waals surface area contributed by atoms with Crippen LogP contribution in [0, 0.1) is 17.8 Å². The number of alkyl halides is 1. The largest absolute Gasteiger partial charge is 0.496 e. The van der Waals surface area contributed by atoms with Gasteiger partial charge in [0.2, 0.25) is 5.88 Å². The lowest BCUT2D eigenvalue weighted by Gasteiger charge is -2.45. The van der Waals surface area contributed by atoms with Crippen molar-refractivity contribution in [3.05, 3.63) is 29.5 Å². The standard InChI is InChI=1S/C26H31FN2O4/c1-3-17-22(28-25(31)24(17)27)13-33-26-20-11-23(32-2)16(12-30)9-15(20)10-21(29-26)19-8-7-18(19)14-5-4-6-14/h9-12,14,17-19,22,24H,3-8,13H2,1-2H3,(H,28,31). The molecule has 1 aromatic carbocycles. The van der Waals surface area contributed by atoms with E-state index >= 15 is 0 Å². The van der Waals surface area contributed by atoms with Crippen LogP contribution < -0.4 is 14.8 Å². The Balaban J connectivity index is 1.49. The molecule has 1 aliphatic heterocycles. The van der Waals surface area contributed by atoms with Crippen molar-refractivity contribution in [1.29, 1.82) is 0 Å². The third kappa shape index (κ3) is 3.85. The maximum Gasteiger partial charge on any atom is 0.255 e. The van der Waals surface area contributed by atoms with Crippen molar-refractivity contribution in [2.75, 3.05) is 13.7 Å². The van der Waals surface area contributed by atoms with E-state index in [-0.39, 0.29) is 6.61 Å². The minimum Gasteiger partial charge on any atom is -0.496 e. The number of methoxy groups -OCH3 is 1. The Morgan fingerprint density at radius 2 is 2.03 bits per heavy atom. The third-order valence-corrected chi connectivity index (χ3v) is 8.10. The second kappa shape index (κ2) is 8.92. The number of hydrogen-bond acceptors (Lipinski definition) is 5. The molecule has 1 saturated heterocycles. The first kappa shape index (κ1) is 22.1. The number of aldehydes is 1. The zero-order valence-electron chi connectivity index (χ0n) is 19.2. The normalized spacial score (nSPS) is 29.3. The fourth-order valence-electron chi connectivity index (χ4n) is 5.78. The summed E-state index contributed by atoms with van der Waals surface area (Å²) >= 11 is 0. The molecule has 1 amide bonds. The van der Waals surface area contributed by atoms with Crippen LogP contribution in [0.5, 0.6) is 11.6 Å². The van der Waals surface area contributed by atoms with E-state index in [0.717, 1.165) is 35.1 Å². The Morgan fingerprint density at radius 1 is 1.21 bits per heavy atom. The lowest BCUT2D eigenvalue weighted by atomic mass is 9.60. The molecular weight excluding hydrogens is 423 g/mol. The molecule has 2 saturated carbocycles. The summed E-state index contributed by atoms with van der Waals surface area (Å²) < 4.78 is 25.8. The van der Waals surface area contributed by atoms with Crippen molar-refractivity contribution in [2.45, 2.75) is 63.6 Å². The van der Waals surface area contributed by atoms with Crippen molar-refractivity contribution in [1.82, 2.24) is 10.3 Å². The van der Waals surface area contributed by atoms with Gasteiger partial charge in [-0.25, -0.2) is 9.37 Å². The van der Waals surface area contributed by atoms with Crippen LogP contribution in [0.4, 0.5) is 4.39 Å². The van der Waals surface area contributed by atoms with E-state index in [0.29, 0.717) is 35.4 Å². The fourth-order valence-corrected chi connectivity index (χ4v) is 5.78. The molecular formula is C26H31FN2O4. The summed E-state index contributed by atoms with van der Waals surface area (Å²) in [4.78, 5) is 28.4. The van der Waals surface area contributed by atoms with E-state index < -0.39 is 24.0 Å². The molecule has 5 rings (SSSR count). The van der Waals surface area contributed by atoms with E-state index in [1.165, 1.54) is 32.8 Å². The van der Waals surface area contributed by atoms with Crippen LogP contribution in [-0.4, -0.2) is 43.1 Å². The highest BCUT2D eigenvalue weighted by molar-refractivity contribution is 5.95. The van der Waals surface area contributed by atoms with Crippen LogP contribution in [0.15, 0.2) is 18.2 Å². The molecule has 3 fully saturated rings. The number of aromatic nitrogens is 1. The summed E-state index contributed by atoms with van der Waals surface area (Å²) in [5.74, 6) is 1.75. The van der Waals surface area contributed by atoms with Gasteiger partial charge in [-0.1, -0.05) is 26.2 Å². The number of carbonyl (C=O) groups excluding carboxylic acids is 2. The van der Waals surface area contributed by atoms with E-state index in [1.807, 2.05) is 13.0 Å². The number of nitrogens with one attached hydrogen (secondary N) is 1. The minimum atomic E-state index is -1.51. The van der Waals surface area contributed by atoms with Crippen molar-refractivity contribution in [3.63, 3.8) is 0 Å². The van der Waals surface area contributed by atoms with Gasteiger partial charge in [-0.3, -0.25) is 9.59 Å². The number of amides is 1. The topological polar surface area (TPSA) is 77.5 Å². The van der Waals surface area contributed by atoms with Gasteiger partial charge in [-0.2, -0.15) is 0 Å². The number of fused-ring (bicyclic) bond motifs is 1. The van der Waals surface area contributed by atoms with Crippen molar-refractivity contribution < 1.29 is 23.5 Å². The molecule has 5 atom stereocenters. The molecule has 176 valence electrons. The summed E-state index contributed by atoms with van der Waals surface area (Å²) in [5.41, 5.74) is 1.47. The summed E-state index contributed by atoms with van der Waals surface area (Å²) in [6, 6.07) is 5.27. The second-order valence-corrected chi connectivity index (χ2v) is 9.72. The van der Waals surface area contributed by atoms with E-state index in [1.54, 1.807) is 6.07 Å². The first-order chi connectivity index (χ1) is 16.0. The van der Waals surface area contributed by atoms with Gasteiger partial charge in [-0.05, 0) is 54.7 Å². The number of halogens is 1. The molecule has 0 radical (unpaired) electrons. The van der Waals surface area contributed by atoms with E-state index in [4.69, 9.17) is 14.5 Å². The Hall–Kier alpha value is -2.70. The molecule has 2 aliphatic carbocycles. The molecule has 2 aromatic rings. The highest BCUT2D eigenvalue weighted by atomic mass is 19.1. The van der Waals surface area contributed by atoms with Crippen LogP contribution in [0.25, 0.3) is 10.8 Å². The lowest BCUT2D eigenvalue weighted by molar-refractivity contribution is -0.123. The van der Waals surface area contributed by atoms with E-state index in [2.05, 4.69) is 11.4 Å². The molecule has 1 aromatic heterocycles. The number of benzene rings is 1. The highest BCUT2D eigenvalue weighted by Gasteiger charge is 2.43. The Labute approximate surface area is 193 Å². The lowest BCUT2D eigenvalue weighted by Crippen LogP contribution is -2.35. The molecule has 1 N–H and O–H groups in total. The van der Waals surface area contributed by atoms with Gasteiger partial charge < -0.3 is 14.8 Å². The molecule has 2 heterocycles. The van der Waals surface area contributed by atoms with Crippen molar-refractivity contribution in [3.8, 4) is 11.6 Å². The quantitative estimate of drug-likeness (QED) is 0.591. The van der Waals surface area contributed by atoms with Gasteiger partial charge in [0.15, 0.2) is 12.5 Å². The molecule has 0 spiro atoms. The second-order valence-electron chi connectivity index (χ2n) is 9.72. The third-order valence-electron chi connectivity index (χ3n) is 8.10. The Kier molecular flexibility index (Phi) is 5.97. The van der Waals surface area contributed by atoms with Gasteiger partial charge >= 0.3 is 0 Å². The fraction of sp³-hybridized carbons (Fsp3) is 0.577. The van der Waals surface area contributed by atoms with Crippen LogP contribution in [0.1, 0.15) is 67.4 Å². The summed E-state index contributed by atoms with van der Waals surface area (Å²) in [5, 5.41) is 4.35. The van der Waals surface area contributed by atoms with Crippen LogP contribution in [0.3, 0.4) is 0 Å². The maximum atomic E-state index is 14.2. The summed E-state index contributed by atoms with van der Waals surface area (Å²) in [6.07, 6.45) is 6.09. The van der Waals surface area contributed by atoms with Crippen molar-refractivity contribution in [2.24, 2.45) is 17.8 Å². The predicted molar refractivity (Wildman–Crippen MR) is 123 cm³/mol. The number of ether oxygens (including phenoxy) is 2. The number of hydrogen-bond donors (Lipinski definition) is 1. The molecule has 3 aliphatic rings. The average molecular weight is 455 g/mol. The zero-order valence-corrected chi connectivity index (χ0v) is 19.2. The smallest absolute Gasteiger partial charge is 0.255 e. The van der Waals surface area contributed by atoms with Crippen molar-refractivity contribution >= 4 is 23.0 Å². The number of nitrogens with zero attached hydrogens (tertiary/aromatic N) is 1. The number of rotatable bonds is 8. The average Bonchev–Trinajstić information content (AvgIpc) is 3.05. The minimum absolute atomic E-state index is 0.144. The van der Waals surface area contributed by atoms with Crippen LogP contribution in [-0.2, 0) is 4.79 Å². The monoisotopic (exact) mass is 454 g/mol. The molecule has 0 bridgehead atoms. The first-order valence-corrected chi connectivity index (χ1v) is 12.1. The molecule has 5 unspecified atom stereocenters. The SMILES string of the molecule is CCC1C(COc2nc(C3CCC3C3CCC3)cc3cc(C=O)c(OC)cc23)NC(=O)C1F. The summed E-state index contributed by atoms with van der Waals surface area (Å²) in [6.45, 7) is 2.02. The number of pyridine rings is 1. The molecule has 7 heteroatoms. The Bertz CT molecular complexity index is 1070. The predicted octanol–water partition coefficient (Wildman–Crippen LogP) is 4.59. The number of carbonyl (C=O) groups is 2.